The quantitative estimate of drug-likeness (QED) is 0.850. The normalized spacial score (nSPS) is 10.6. The van der Waals surface area contributed by atoms with Crippen LogP contribution < -0.4 is 9.47 Å². The lowest BCUT2D eigenvalue weighted by molar-refractivity contribution is 0.140. The van der Waals surface area contributed by atoms with Crippen LogP contribution in [-0.2, 0) is 0 Å². The Morgan fingerprint density at radius 3 is 2.26 bits per heavy atom. The van der Waals surface area contributed by atoms with Gasteiger partial charge < -0.3 is 9.47 Å². The van der Waals surface area contributed by atoms with Crippen LogP contribution in [0.5, 0.6) is 17.2 Å². The minimum atomic E-state index is -2.69. The number of benzene rings is 1. The molecule has 0 saturated heterocycles. The molecule has 100 valence electrons. The molecular formula is C12H9BrF2N2O2. The van der Waals surface area contributed by atoms with Crippen molar-refractivity contribution in [1.29, 1.82) is 0 Å². The maximum Gasteiger partial charge on any atom is 0.297 e. The van der Waals surface area contributed by atoms with Crippen molar-refractivity contribution in [3.63, 3.8) is 0 Å². The van der Waals surface area contributed by atoms with Gasteiger partial charge in [-0.15, -0.1) is 0 Å². The second-order valence-corrected chi connectivity index (χ2v) is 4.42. The smallest absolute Gasteiger partial charge is 0.297 e. The van der Waals surface area contributed by atoms with Crippen LogP contribution in [0.15, 0.2) is 35.1 Å². The van der Waals surface area contributed by atoms with Crippen LogP contribution in [0, 0.1) is 0 Å². The fraction of sp³-hybridized carbons (Fsp3) is 0.167. The van der Waals surface area contributed by atoms with Crippen LogP contribution in [0.25, 0.3) is 0 Å². The minimum Gasteiger partial charge on any atom is -0.497 e. The number of halogens is 3. The van der Waals surface area contributed by atoms with E-state index in [4.69, 9.17) is 9.47 Å². The fourth-order valence-corrected chi connectivity index (χ4v) is 1.79. The Hall–Kier alpha value is -1.76. The highest BCUT2D eigenvalue weighted by Gasteiger charge is 2.10. The van der Waals surface area contributed by atoms with Gasteiger partial charge in [0.25, 0.3) is 6.43 Å². The van der Waals surface area contributed by atoms with E-state index in [9.17, 15) is 8.78 Å². The molecule has 2 rings (SSSR count). The first-order valence-corrected chi connectivity index (χ1v) is 6.00. The van der Waals surface area contributed by atoms with E-state index >= 15 is 0 Å². The number of alkyl halides is 2. The zero-order chi connectivity index (χ0) is 13.8. The molecule has 0 atom stereocenters. The van der Waals surface area contributed by atoms with Crippen molar-refractivity contribution in [2.24, 2.45) is 0 Å². The third kappa shape index (κ3) is 3.60. The predicted octanol–water partition coefficient (Wildman–Crippen LogP) is 3.98. The molecular weight excluding hydrogens is 322 g/mol. The first-order valence-electron chi connectivity index (χ1n) is 5.21. The Bertz CT molecular complexity index is 564. The van der Waals surface area contributed by atoms with Crippen molar-refractivity contribution in [2.75, 3.05) is 7.11 Å². The Kier molecular flexibility index (Phi) is 4.26. The molecule has 0 bridgehead atoms. The van der Waals surface area contributed by atoms with Crippen LogP contribution in [0.2, 0.25) is 0 Å². The SMILES string of the molecule is COc1cc(Br)cc(Oc2cnc(C(F)F)nc2)c1. The van der Waals surface area contributed by atoms with Gasteiger partial charge in [-0.3, -0.25) is 0 Å². The van der Waals surface area contributed by atoms with E-state index in [1.54, 1.807) is 18.2 Å². The number of ether oxygens (including phenoxy) is 2. The summed E-state index contributed by atoms with van der Waals surface area (Å²) < 4.78 is 35.9. The van der Waals surface area contributed by atoms with Crippen LogP contribution in [0.4, 0.5) is 8.78 Å². The zero-order valence-corrected chi connectivity index (χ0v) is 11.4. The zero-order valence-electron chi connectivity index (χ0n) is 9.81. The van der Waals surface area contributed by atoms with Gasteiger partial charge in [0, 0.05) is 10.5 Å². The van der Waals surface area contributed by atoms with Crippen molar-refractivity contribution in [3.8, 4) is 17.2 Å². The molecule has 0 fully saturated rings. The van der Waals surface area contributed by atoms with E-state index in [2.05, 4.69) is 25.9 Å². The number of rotatable bonds is 4. The number of aromatic nitrogens is 2. The molecule has 0 amide bonds. The highest BCUT2D eigenvalue weighted by Crippen LogP contribution is 2.29. The van der Waals surface area contributed by atoms with Gasteiger partial charge in [0.05, 0.1) is 19.5 Å². The Balaban J connectivity index is 2.18. The van der Waals surface area contributed by atoms with Crippen LogP contribution in [0.3, 0.4) is 0 Å². The number of nitrogens with zero attached hydrogens (tertiary/aromatic N) is 2. The van der Waals surface area contributed by atoms with E-state index in [0.717, 1.165) is 4.47 Å². The molecule has 1 heterocycles. The minimum absolute atomic E-state index is 0.268. The third-order valence-corrected chi connectivity index (χ3v) is 2.62. The molecule has 4 nitrogen and oxygen atoms in total. The van der Waals surface area contributed by atoms with Crippen molar-refractivity contribution in [3.05, 3.63) is 40.9 Å². The van der Waals surface area contributed by atoms with Crippen LogP contribution >= 0.6 is 15.9 Å². The summed E-state index contributed by atoms with van der Waals surface area (Å²) in [7, 11) is 1.53. The molecule has 0 N–H and O–H groups in total. The first-order chi connectivity index (χ1) is 9.08. The van der Waals surface area contributed by atoms with Crippen molar-refractivity contribution in [1.82, 2.24) is 9.97 Å². The van der Waals surface area contributed by atoms with Gasteiger partial charge in [0.2, 0.25) is 0 Å². The maximum absolute atomic E-state index is 12.3. The number of hydrogen-bond donors (Lipinski definition) is 0. The highest BCUT2D eigenvalue weighted by molar-refractivity contribution is 9.10. The Labute approximate surface area is 116 Å². The van der Waals surface area contributed by atoms with Gasteiger partial charge in [-0.2, -0.15) is 0 Å². The van der Waals surface area contributed by atoms with E-state index in [-0.39, 0.29) is 5.75 Å². The molecule has 1 aromatic heterocycles. The number of methoxy groups -OCH3 is 1. The molecule has 0 aliphatic heterocycles. The molecule has 0 aliphatic rings. The van der Waals surface area contributed by atoms with E-state index < -0.39 is 12.2 Å². The monoisotopic (exact) mass is 330 g/mol. The summed E-state index contributed by atoms with van der Waals surface area (Å²) in [5.41, 5.74) is 0. The first kappa shape index (κ1) is 13.7. The second-order valence-electron chi connectivity index (χ2n) is 3.51. The van der Waals surface area contributed by atoms with E-state index in [1.807, 2.05) is 0 Å². The molecule has 0 radical (unpaired) electrons. The van der Waals surface area contributed by atoms with Gasteiger partial charge in [-0.05, 0) is 12.1 Å². The molecule has 1 aromatic carbocycles. The third-order valence-electron chi connectivity index (χ3n) is 2.16. The van der Waals surface area contributed by atoms with E-state index in [1.165, 1.54) is 19.5 Å². The summed E-state index contributed by atoms with van der Waals surface area (Å²) >= 11 is 3.31. The standard InChI is InChI=1S/C12H9BrF2N2O2/c1-18-8-2-7(13)3-9(4-8)19-10-5-16-12(11(14)15)17-6-10/h2-6,11H,1H3. The molecule has 0 unspecified atom stereocenters. The van der Waals surface area contributed by atoms with Crippen molar-refractivity contribution in [2.45, 2.75) is 6.43 Å². The van der Waals surface area contributed by atoms with Crippen LogP contribution in [-0.4, -0.2) is 17.1 Å². The van der Waals surface area contributed by atoms with Gasteiger partial charge in [-0.25, -0.2) is 18.7 Å². The maximum atomic E-state index is 12.3. The summed E-state index contributed by atoms with van der Waals surface area (Å²) in [6.45, 7) is 0. The number of hydrogen-bond acceptors (Lipinski definition) is 4. The second kappa shape index (κ2) is 5.92. The van der Waals surface area contributed by atoms with Gasteiger partial charge in [-0.1, -0.05) is 15.9 Å². The average molecular weight is 331 g/mol. The van der Waals surface area contributed by atoms with Crippen molar-refractivity contribution >= 4 is 15.9 Å². The van der Waals surface area contributed by atoms with Crippen molar-refractivity contribution < 1.29 is 18.3 Å². The summed E-state index contributed by atoms with van der Waals surface area (Å²) in [5.74, 6) is 0.831. The molecule has 7 heteroatoms. The average Bonchev–Trinajstić information content (AvgIpc) is 2.38. The highest BCUT2D eigenvalue weighted by atomic mass is 79.9. The molecule has 0 aliphatic carbocycles. The molecule has 0 spiro atoms. The van der Waals surface area contributed by atoms with E-state index in [0.29, 0.717) is 11.5 Å². The molecule has 0 saturated carbocycles. The lowest BCUT2D eigenvalue weighted by Gasteiger charge is -2.08. The van der Waals surface area contributed by atoms with Gasteiger partial charge >= 0.3 is 0 Å². The lowest BCUT2D eigenvalue weighted by Crippen LogP contribution is -1.95. The van der Waals surface area contributed by atoms with Gasteiger partial charge in [0.1, 0.15) is 11.5 Å². The Morgan fingerprint density at radius 1 is 1.05 bits per heavy atom. The Morgan fingerprint density at radius 2 is 1.68 bits per heavy atom. The predicted molar refractivity (Wildman–Crippen MR) is 67.8 cm³/mol. The van der Waals surface area contributed by atoms with Crippen LogP contribution in [0.1, 0.15) is 12.2 Å². The molecule has 19 heavy (non-hydrogen) atoms. The largest absolute Gasteiger partial charge is 0.497 e. The van der Waals surface area contributed by atoms with Gasteiger partial charge in [0.15, 0.2) is 11.6 Å². The topological polar surface area (TPSA) is 44.2 Å². The summed E-state index contributed by atoms with van der Waals surface area (Å²) in [6, 6.07) is 5.14. The summed E-state index contributed by atoms with van der Waals surface area (Å²) in [4.78, 5) is 7.02. The summed E-state index contributed by atoms with van der Waals surface area (Å²) in [6.07, 6.45) is -0.302. The summed E-state index contributed by atoms with van der Waals surface area (Å²) in [5, 5.41) is 0. The lowest BCUT2D eigenvalue weighted by atomic mass is 10.3. The fourth-order valence-electron chi connectivity index (χ4n) is 1.34. The molecule has 2 aromatic rings.